The standard InChI is InChI=1S/C17H26N2O3S/c1-12-5-6-14(17(2,3)4)11-15(12)23(21,22)19-9-7-13(8-10-19)16(18)20/h5-6,11,13H,7-10H2,1-4H3,(H2,18,20). The van der Waals surface area contributed by atoms with Crippen molar-refractivity contribution in [2.75, 3.05) is 13.1 Å². The zero-order valence-corrected chi connectivity index (χ0v) is 15.1. The van der Waals surface area contributed by atoms with Crippen LogP contribution < -0.4 is 5.73 Å². The summed E-state index contributed by atoms with van der Waals surface area (Å²) in [6.45, 7) is 8.69. The van der Waals surface area contributed by atoms with E-state index in [1.807, 2.05) is 19.1 Å². The molecule has 1 amide bonds. The topological polar surface area (TPSA) is 80.5 Å². The quantitative estimate of drug-likeness (QED) is 0.917. The van der Waals surface area contributed by atoms with Gasteiger partial charge in [-0.2, -0.15) is 4.31 Å². The predicted octanol–water partition coefficient (Wildman–Crippen LogP) is 2.18. The Balaban J connectivity index is 2.32. The van der Waals surface area contributed by atoms with Gasteiger partial charge in [-0.05, 0) is 42.4 Å². The van der Waals surface area contributed by atoms with Crippen LogP contribution in [0.15, 0.2) is 23.1 Å². The molecule has 2 rings (SSSR count). The van der Waals surface area contributed by atoms with E-state index in [0.29, 0.717) is 30.8 Å². The molecule has 0 unspecified atom stereocenters. The summed E-state index contributed by atoms with van der Waals surface area (Å²) >= 11 is 0. The largest absolute Gasteiger partial charge is 0.369 e. The highest BCUT2D eigenvalue weighted by atomic mass is 32.2. The summed E-state index contributed by atoms with van der Waals surface area (Å²) in [5, 5.41) is 0. The van der Waals surface area contributed by atoms with E-state index in [-0.39, 0.29) is 17.2 Å². The molecule has 0 radical (unpaired) electrons. The number of sulfonamides is 1. The van der Waals surface area contributed by atoms with Crippen LogP contribution in [0.2, 0.25) is 0 Å². The third-order valence-electron chi connectivity index (χ3n) is 4.53. The number of amides is 1. The van der Waals surface area contributed by atoms with Gasteiger partial charge in [-0.1, -0.05) is 32.9 Å². The Bertz CT molecular complexity index is 697. The van der Waals surface area contributed by atoms with Gasteiger partial charge in [0.25, 0.3) is 0 Å². The number of piperidine rings is 1. The first kappa shape index (κ1) is 17.9. The van der Waals surface area contributed by atoms with Crippen molar-refractivity contribution in [3.8, 4) is 0 Å². The Hall–Kier alpha value is -1.40. The summed E-state index contributed by atoms with van der Waals surface area (Å²) in [6.07, 6.45) is 0.985. The van der Waals surface area contributed by atoms with E-state index >= 15 is 0 Å². The highest BCUT2D eigenvalue weighted by molar-refractivity contribution is 7.89. The number of hydrogen-bond acceptors (Lipinski definition) is 3. The highest BCUT2D eigenvalue weighted by Crippen LogP contribution is 2.30. The van der Waals surface area contributed by atoms with Crippen molar-refractivity contribution in [1.82, 2.24) is 4.31 Å². The lowest BCUT2D eigenvalue weighted by Gasteiger charge is -2.30. The van der Waals surface area contributed by atoms with E-state index in [1.165, 1.54) is 4.31 Å². The number of carbonyl (C=O) groups excluding carboxylic acids is 1. The first-order valence-electron chi connectivity index (χ1n) is 7.94. The smallest absolute Gasteiger partial charge is 0.243 e. The number of primary amides is 1. The molecule has 1 aliphatic heterocycles. The van der Waals surface area contributed by atoms with Crippen molar-refractivity contribution in [2.24, 2.45) is 11.7 Å². The van der Waals surface area contributed by atoms with Crippen molar-refractivity contribution < 1.29 is 13.2 Å². The Morgan fingerprint density at radius 1 is 1.22 bits per heavy atom. The van der Waals surface area contributed by atoms with Crippen molar-refractivity contribution in [3.05, 3.63) is 29.3 Å². The summed E-state index contributed by atoms with van der Waals surface area (Å²) in [7, 11) is -3.54. The molecular weight excluding hydrogens is 312 g/mol. The molecule has 0 aromatic heterocycles. The van der Waals surface area contributed by atoms with Crippen LogP contribution in [0.25, 0.3) is 0 Å². The van der Waals surface area contributed by atoms with Gasteiger partial charge in [0.2, 0.25) is 15.9 Å². The number of carbonyl (C=O) groups is 1. The minimum atomic E-state index is -3.54. The number of nitrogens with two attached hydrogens (primary N) is 1. The molecule has 23 heavy (non-hydrogen) atoms. The Kier molecular flexibility index (Phi) is 4.87. The van der Waals surface area contributed by atoms with Gasteiger partial charge < -0.3 is 5.73 Å². The molecule has 1 saturated heterocycles. The van der Waals surface area contributed by atoms with Crippen LogP contribution in [0, 0.1) is 12.8 Å². The summed E-state index contributed by atoms with van der Waals surface area (Å²) in [5.74, 6) is -0.559. The van der Waals surface area contributed by atoms with E-state index in [2.05, 4.69) is 20.8 Å². The monoisotopic (exact) mass is 338 g/mol. The molecule has 1 aromatic rings. The van der Waals surface area contributed by atoms with E-state index in [0.717, 1.165) is 11.1 Å². The maximum absolute atomic E-state index is 13.0. The van der Waals surface area contributed by atoms with Crippen LogP contribution in [0.5, 0.6) is 0 Å². The SMILES string of the molecule is Cc1ccc(C(C)(C)C)cc1S(=O)(=O)N1CCC(C(N)=O)CC1. The second-order valence-corrected chi connectivity index (χ2v) is 9.22. The van der Waals surface area contributed by atoms with Crippen molar-refractivity contribution in [2.45, 2.75) is 50.8 Å². The molecule has 1 heterocycles. The zero-order valence-electron chi connectivity index (χ0n) is 14.3. The molecule has 1 aliphatic rings. The molecule has 0 bridgehead atoms. The third-order valence-corrected chi connectivity index (χ3v) is 6.57. The van der Waals surface area contributed by atoms with Crippen LogP contribution in [-0.4, -0.2) is 31.7 Å². The normalized spacial score (nSPS) is 18.1. The lowest BCUT2D eigenvalue weighted by molar-refractivity contribution is -0.122. The number of hydrogen-bond donors (Lipinski definition) is 1. The summed E-state index contributed by atoms with van der Waals surface area (Å²) in [5.41, 5.74) is 6.94. The maximum atomic E-state index is 13.0. The Morgan fingerprint density at radius 3 is 2.26 bits per heavy atom. The van der Waals surface area contributed by atoms with Crippen molar-refractivity contribution in [1.29, 1.82) is 0 Å². The lowest BCUT2D eigenvalue weighted by atomic mass is 9.87. The third kappa shape index (κ3) is 3.75. The van der Waals surface area contributed by atoms with Gasteiger partial charge in [-0.25, -0.2) is 8.42 Å². The number of nitrogens with zero attached hydrogens (tertiary/aromatic N) is 1. The highest BCUT2D eigenvalue weighted by Gasteiger charge is 2.32. The molecule has 128 valence electrons. The van der Waals surface area contributed by atoms with Crippen LogP contribution in [0.3, 0.4) is 0 Å². The molecule has 2 N–H and O–H groups in total. The molecule has 6 heteroatoms. The predicted molar refractivity (Wildman–Crippen MR) is 90.6 cm³/mol. The van der Waals surface area contributed by atoms with Crippen LogP contribution >= 0.6 is 0 Å². The Labute approximate surface area is 138 Å². The molecule has 0 saturated carbocycles. The summed E-state index contributed by atoms with van der Waals surface area (Å²) < 4.78 is 27.4. The molecule has 0 atom stereocenters. The van der Waals surface area contributed by atoms with Crippen LogP contribution in [0.4, 0.5) is 0 Å². The fraction of sp³-hybridized carbons (Fsp3) is 0.588. The molecule has 1 fully saturated rings. The lowest BCUT2D eigenvalue weighted by Crippen LogP contribution is -2.41. The average molecular weight is 338 g/mol. The number of benzene rings is 1. The van der Waals surface area contributed by atoms with Crippen molar-refractivity contribution in [3.63, 3.8) is 0 Å². The molecular formula is C17H26N2O3S. The van der Waals surface area contributed by atoms with Gasteiger partial charge >= 0.3 is 0 Å². The summed E-state index contributed by atoms with van der Waals surface area (Å²) in [4.78, 5) is 11.6. The Morgan fingerprint density at radius 2 is 1.78 bits per heavy atom. The average Bonchev–Trinajstić information content (AvgIpc) is 2.46. The van der Waals surface area contributed by atoms with Gasteiger partial charge in [-0.15, -0.1) is 0 Å². The van der Waals surface area contributed by atoms with Gasteiger partial charge in [0, 0.05) is 19.0 Å². The van der Waals surface area contributed by atoms with Crippen LogP contribution in [0.1, 0.15) is 44.7 Å². The minimum absolute atomic E-state index is 0.114. The molecule has 1 aromatic carbocycles. The molecule has 0 aliphatic carbocycles. The number of aryl methyl sites for hydroxylation is 1. The van der Waals surface area contributed by atoms with E-state index in [1.54, 1.807) is 6.07 Å². The van der Waals surface area contributed by atoms with E-state index in [9.17, 15) is 13.2 Å². The first-order chi connectivity index (χ1) is 10.5. The van der Waals surface area contributed by atoms with E-state index in [4.69, 9.17) is 5.73 Å². The van der Waals surface area contributed by atoms with Crippen LogP contribution in [-0.2, 0) is 20.2 Å². The van der Waals surface area contributed by atoms with E-state index < -0.39 is 10.0 Å². The number of rotatable bonds is 3. The van der Waals surface area contributed by atoms with Gasteiger partial charge in [0.1, 0.15) is 0 Å². The first-order valence-corrected chi connectivity index (χ1v) is 9.38. The fourth-order valence-electron chi connectivity index (χ4n) is 2.86. The second-order valence-electron chi connectivity index (χ2n) is 7.31. The summed E-state index contributed by atoms with van der Waals surface area (Å²) in [6, 6.07) is 5.63. The molecule has 5 nitrogen and oxygen atoms in total. The zero-order chi connectivity index (χ0) is 17.4. The molecule has 0 spiro atoms. The maximum Gasteiger partial charge on any atom is 0.243 e. The van der Waals surface area contributed by atoms with Gasteiger partial charge in [0.15, 0.2) is 0 Å². The minimum Gasteiger partial charge on any atom is -0.369 e. The van der Waals surface area contributed by atoms with Crippen molar-refractivity contribution >= 4 is 15.9 Å². The fourth-order valence-corrected chi connectivity index (χ4v) is 4.58. The van der Waals surface area contributed by atoms with Gasteiger partial charge in [-0.3, -0.25) is 4.79 Å². The second kappa shape index (κ2) is 6.24. The van der Waals surface area contributed by atoms with Gasteiger partial charge in [0.05, 0.1) is 4.90 Å².